The third-order valence-electron chi connectivity index (χ3n) is 2.34. The van der Waals surface area contributed by atoms with Gasteiger partial charge in [-0.2, -0.15) is 0 Å². The summed E-state index contributed by atoms with van der Waals surface area (Å²) < 4.78 is 4.79. The van der Waals surface area contributed by atoms with Gasteiger partial charge in [0, 0.05) is 4.88 Å². The van der Waals surface area contributed by atoms with E-state index in [0.29, 0.717) is 11.8 Å². The zero-order valence-corrected chi connectivity index (χ0v) is 10.8. The molecular formula is C12H18O2S. The quantitative estimate of drug-likeness (QED) is 0.733. The van der Waals surface area contributed by atoms with Crippen molar-refractivity contribution in [2.75, 3.05) is 7.11 Å². The molecule has 1 aromatic heterocycles. The van der Waals surface area contributed by atoms with Crippen molar-refractivity contribution in [2.45, 2.75) is 39.5 Å². The number of methoxy groups -OCH3 is 1. The summed E-state index contributed by atoms with van der Waals surface area (Å²) in [6.45, 7) is 8.46. The van der Waals surface area contributed by atoms with E-state index in [1.54, 1.807) is 11.3 Å². The molecule has 1 aromatic rings. The van der Waals surface area contributed by atoms with Gasteiger partial charge in [-0.3, -0.25) is 0 Å². The Labute approximate surface area is 95.3 Å². The smallest absolute Gasteiger partial charge is 0.348 e. The molecule has 0 amide bonds. The number of rotatable bonds is 3. The summed E-state index contributed by atoms with van der Waals surface area (Å²) in [6, 6.07) is 2.13. The Morgan fingerprint density at radius 2 is 1.87 bits per heavy atom. The fraction of sp³-hybridized carbons (Fsp3) is 0.583. The molecule has 0 radical (unpaired) electrons. The molecule has 0 unspecified atom stereocenters. The number of thiophene rings is 1. The van der Waals surface area contributed by atoms with E-state index in [1.807, 2.05) is 0 Å². The first kappa shape index (κ1) is 12.2. The number of carbonyl (C=O) groups is 1. The molecule has 0 bridgehead atoms. The lowest BCUT2D eigenvalue weighted by Crippen LogP contribution is -2.02. The van der Waals surface area contributed by atoms with Crippen LogP contribution in [0.15, 0.2) is 6.07 Å². The molecule has 0 aromatic carbocycles. The molecule has 1 heterocycles. The van der Waals surface area contributed by atoms with Crippen LogP contribution in [-0.2, 0) is 4.74 Å². The maximum Gasteiger partial charge on any atom is 0.348 e. The summed E-state index contributed by atoms with van der Waals surface area (Å²) in [7, 11) is 1.43. The van der Waals surface area contributed by atoms with Gasteiger partial charge >= 0.3 is 5.97 Å². The van der Waals surface area contributed by atoms with Gasteiger partial charge in [-0.25, -0.2) is 4.79 Å². The minimum absolute atomic E-state index is 0.212. The Balaban J connectivity index is 3.17. The zero-order valence-electron chi connectivity index (χ0n) is 9.96. The van der Waals surface area contributed by atoms with E-state index >= 15 is 0 Å². The highest BCUT2D eigenvalue weighted by molar-refractivity contribution is 7.14. The monoisotopic (exact) mass is 226 g/mol. The molecule has 0 aliphatic heterocycles. The predicted molar refractivity (Wildman–Crippen MR) is 63.8 cm³/mol. The van der Waals surface area contributed by atoms with Crippen LogP contribution in [0.2, 0.25) is 0 Å². The topological polar surface area (TPSA) is 26.3 Å². The van der Waals surface area contributed by atoms with E-state index < -0.39 is 0 Å². The number of hydrogen-bond acceptors (Lipinski definition) is 3. The van der Waals surface area contributed by atoms with Crippen LogP contribution in [0.25, 0.3) is 0 Å². The van der Waals surface area contributed by atoms with Crippen molar-refractivity contribution in [3.8, 4) is 0 Å². The van der Waals surface area contributed by atoms with Gasteiger partial charge in [-0.05, 0) is 23.5 Å². The average molecular weight is 226 g/mol. The van der Waals surface area contributed by atoms with Gasteiger partial charge in [0.25, 0.3) is 0 Å². The first-order valence-electron chi connectivity index (χ1n) is 5.19. The van der Waals surface area contributed by atoms with Crippen molar-refractivity contribution in [1.82, 2.24) is 0 Å². The van der Waals surface area contributed by atoms with Gasteiger partial charge in [0.15, 0.2) is 0 Å². The van der Waals surface area contributed by atoms with Gasteiger partial charge in [0.1, 0.15) is 4.88 Å². The Bertz CT molecular complexity index is 351. The van der Waals surface area contributed by atoms with Gasteiger partial charge in [0.2, 0.25) is 0 Å². The molecule has 0 aliphatic carbocycles. The summed E-state index contributed by atoms with van der Waals surface area (Å²) in [5.74, 6) is 0.615. The Morgan fingerprint density at radius 3 is 2.27 bits per heavy atom. The highest BCUT2D eigenvalue weighted by Crippen LogP contribution is 2.33. The third-order valence-corrected chi connectivity index (χ3v) is 3.77. The highest BCUT2D eigenvalue weighted by atomic mass is 32.1. The van der Waals surface area contributed by atoms with Gasteiger partial charge in [-0.1, -0.05) is 27.7 Å². The average Bonchev–Trinajstić information content (AvgIpc) is 2.61. The van der Waals surface area contributed by atoms with Crippen LogP contribution >= 0.6 is 11.3 Å². The molecule has 0 atom stereocenters. The molecule has 0 fully saturated rings. The second kappa shape index (κ2) is 4.79. The lowest BCUT2D eigenvalue weighted by Gasteiger charge is -2.04. The van der Waals surface area contributed by atoms with Crippen molar-refractivity contribution < 1.29 is 9.53 Å². The first-order valence-corrected chi connectivity index (χ1v) is 6.01. The van der Waals surface area contributed by atoms with Crippen LogP contribution < -0.4 is 0 Å². The van der Waals surface area contributed by atoms with E-state index in [-0.39, 0.29) is 5.97 Å². The Hall–Kier alpha value is -0.830. The summed E-state index contributed by atoms with van der Waals surface area (Å²) in [5.41, 5.74) is 1.11. The van der Waals surface area contributed by atoms with E-state index in [2.05, 4.69) is 33.8 Å². The lowest BCUT2D eigenvalue weighted by atomic mass is 10.0. The second-order valence-corrected chi connectivity index (χ2v) is 5.32. The SMILES string of the molecule is COC(=O)c1sc(C(C)C)cc1C(C)C. The predicted octanol–water partition coefficient (Wildman–Crippen LogP) is 3.78. The molecule has 3 heteroatoms. The van der Waals surface area contributed by atoms with Gasteiger partial charge in [0.05, 0.1) is 7.11 Å². The third kappa shape index (κ3) is 2.59. The van der Waals surface area contributed by atoms with Gasteiger partial charge < -0.3 is 4.74 Å². The molecule has 84 valence electrons. The Morgan fingerprint density at radius 1 is 1.27 bits per heavy atom. The maximum absolute atomic E-state index is 11.6. The van der Waals surface area contributed by atoms with E-state index in [9.17, 15) is 4.79 Å². The van der Waals surface area contributed by atoms with Gasteiger partial charge in [-0.15, -0.1) is 11.3 Å². The molecule has 0 spiro atoms. The molecule has 0 N–H and O–H groups in total. The van der Waals surface area contributed by atoms with Crippen LogP contribution in [0.3, 0.4) is 0 Å². The number of esters is 1. The number of carbonyl (C=O) groups excluding carboxylic acids is 1. The normalized spacial score (nSPS) is 11.1. The van der Waals surface area contributed by atoms with E-state index in [0.717, 1.165) is 10.4 Å². The van der Waals surface area contributed by atoms with Crippen LogP contribution in [0.1, 0.15) is 59.6 Å². The summed E-state index contributed by atoms with van der Waals surface area (Å²) in [4.78, 5) is 13.6. The van der Waals surface area contributed by atoms with Crippen LogP contribution in [0, 0.1) is 0 Å². The fourth-order valence-corrected chi connectivity index (χ4v) is 2.63. The summed E-state index contributed by atoms with van der Waals surface area (Å²) in [5, 5.41) is 0. The van der Waals surface area contributed by atoms with E-state index in [4.69, 9.17) is 4.74 Å². The van der Waals surface area contributed by atoms with Crippen molar-refractivity contribution in [3.05, 3.63) is 21.4 Å². The standard InChI is InChI=1S/C12H18O2S/c1-7(2)9-6-10(8(3)4)15-11(9)12(13)14-5/h6-8H,1-5H3. The van der Waals surface area contributed by atoms with Crippen molar-refractivity contribution >= 4 is 17.3 Å². The molecule has 15 heavy (non-hydrogen) atoms. The molecule has 2 nitrogen and oxygen atoms in total. The van der Waals surface area contributed by atoms with Crippen molar-refractivity contribution in [2.24, 2.45) is 0 Å². The molecule has 0 aliphatic rings. The van der Waals surface area contributed by atoms with Crippen LogP contribution in [-0.4, -0.2) is 13.1 Å². The number of ether oxygens (including phenoxy) is 1. The number of hydrogen-bond donors (Lipinski definition) is 0. The summed E-state index contributed by atoms with van der Waals surface area (Å²) >= 11 is 1.55. The largest absolute Gasteiger partial charge is 0.465 e. The minimum atomic E-state index is -0.212. The Kier molecular flexibility index (Phi) is 3.91. The molecule has 0 saturated carbocycles. The molecule has 1 rings (SSSR count). The molecular weight excluding hydrogens is 208 g/mol. The highest BCUT2D eigenvalue weighted by Gasteiger charge is 2.19. The second-order valence-electron chi connectivity index (χ2n) is 4.23. The first-order chi connectivity index (χ1) is 6.97. The minimum Gasteiger partial charge on any atom is -0.465 e. The summed E-state index contributed by atoms with van der Waals surface area (Å²) in [6.07, 6.45) is 0. The van der Waals surface area contributed by atoms with Crippen LogP contribution in [0.5, 0.6) is 0 Å². The fourth-order valence-electron chi connectivity index (χ4n) is 1.39. The van der Waals surface area contributed by atoms with E-state index in [1.165, 1.54) is 12.0 Å². The maximum atomic E-state index is 11.6. The van der Waals surface area contributed by atoms with Crippen molar-refractivity contribution in [1.29, 1.82) is 0 Å². The van der Waals surface area contributed by atoms with Crippen LogP contribution in [0.4, 0.5) is 0 Å². The molecule has 0 saturated heterocycles. The van der Waals surface area contributed by atoms with Crippen molar-refractivity contribution in [3.63, 3.8) is 0 Å². The lowest BCUT2D eigenvalue weighted by molar-refractivity contribution is 0.0605. The zero-order chi connectivity index (χ0) is 11.6.